The first-order valence-corrected chi connectivity index (χ1v) is 9.09. The molecule has 0 aromatic rings. The average molecular weight is 309 g/mol. The summed E-state index contributed by atoms with van der Waals surface area (Å²) in [6.45, 7) is 11.8. The zero-order valence-electron chi connectivity index (χ0n) is 15.2. The lowest BCUT2D eigenvalue weighted by Gasteiger charge is -2.47. The van der Waals surface area contributed by atoms with E-state index in [9.17, 15) is 4.79 Å². The summed E-state index contributed by atoms with van der Waals surface area (Å²) in [4.78, 5) is 14.8. The fourth-order valence-corrected chi connectivity index (χ4v) is 4.64. The number of hydrogen-bond acceptors (Lipinski definition) is 2. The number of carbonyl (C=O) groups excluding carboxylic acids is 1. The van der Waals surface area contributed by atoms with E-state index in [0.717, 1.165) is 19.4 Å². The molecule has 2 N–H and O–H groups in total. The smallest absolute Gasteiger partial charge is 0.317 e. The van der Waals surface area contributed by atoms with E-state index >= 15 is 0 Å². The molecular weight excluding hydrogens is 274 g/mol. The zero-order valence-corrected chi connectivity index (χ0v) is 15.2. The van der Waals surface area contributed by atoms with Gasteiger partial charge in [-0.2, -0.15) is 0 Å². The Labute approximate surface area is 136 Å². The largest absolute Gasteiger partial charge is 0.335 e. The van der Waals surface area contributed by atoms with Gasteiger partial charge in [-0.15, -0.1) is 0 Å². The quantitative estimate of drug-likeness (QED) is 0.835. The number of rotatable bonds is 3. The molecule has 2 fully saturated rings. The van der Waals surface area contributed by atoms with Gasteiger partial charge >= 0.3 is 6.03 Å². The Morgan fingerprint density at radius 1 is 1.09 bits per heavy atom. The first-order valence-electron chi connectivity index (χ1n) is 9.09. The number of nitrogens with zero attached hydrogens (tertiary/aromatic N) is 1. The van der Waals surface area contributed by atoms with Gasteiger partial charge in [-0.3, -0.25) is 0 Å². The van der Waals surface area contributed by atoms with Crippen LogP contribution in [0.3, 0.4) is 0 Å². The molecule has 1 aliphatic carbocycles. The molecule has 2 amide bonds. The first-order chi connectivity index (χ1) is 10.2. The second-order valence-corrected chi connectivity index (χ2v) is 8.53. The minimum atomic E-state index is 0.0710. The van der Waals surface area contributed by atoms with Crippen LogP contribution in [0.5, 0.6) is 0 Å². The monoisotopic (exact) mass is 309 g/mol. The number of amides is 2. The molecule has 0 spiro atoms. The van der Waals surface area contributed by atoms with Crippen LogP contribution in [0.1, 0.15) is 79.6 Å². The van der Waals surface area contributed by atoms with Crippen molar-refractivity contribution in [1.82, 2.24) is 15.5 Å². The summed E-state index contributed by atoms with van der Waals surface area (Å²) in [5.74, 6) is 0. The van der Waals surface area contributed by atoms with Gasteiger partial charge in [0.25, 0.3) is 0 Å². The third-order valence-electron chi connectivity index (χ3n) is 5.13. The lowest BCUT2D eigenvalue weighted by molar-refractivity contribution is 0.127. The molecule has 0 aromatic carbocycles. The van der Waals surface area contributed by atoms with Gasteiger partial charge in [0.15, 0.2) is 0 Å². The van der Waals surface area contributed by atoms with Gasteiger partial charge in [0.2, 0.25) is 0 Å². The van der Waals surface area contributed by atoms with Crippen molar-refractivity contribution < 1.29 is 4.79 Å². The minimum Gasteiger partial charge on any atom is -0.335 e. The van der Waals surface area contributed by atoms with Crippen LogP contribution in [-0.4, -0.2) is 40.6 Å². The Bertz CT molecular complexity index is 370. The highest BCUT2D eigenvalue weighted by molar-refractivity contribution is 5.75. The fourth-order valence-electron chi connectivity index (χ4n) is 4.64. The average Bonchev–Trinajstić information content (AvgIpc) is 2.36. The SMILES string of the molecule is CCN(C(=O)NC1CC(C)(C)NC(C)(C)C1)C1CCCCC1. The molecule has 4 heteroatoms. The molecule has 2 aliphatic rings. The number of carbonyl (C=O) groups is 1. The van der Waals surface area contributed by atoms with Crippen LogP contribution in [0.4, 0.5) is 4.79 Å². The van der Waals surface area contributed by atoms with Crippen molar-refractivity contribution in [2.24, 2.45) is 0 Å². The molecule has 1 heterocycles. The van der Waals surface area contributed by atoms with E-state index in [1.54, 1.807) is 0 Å². The molecular formula is C18H35N3O. The first kappa shape index (κ1) is 17.6. The van der Waals surface area contributed by atoms with Gasteiger partial charge in [-0.1, -0.05) is 19.3 Å². The van der Waals surface area contributed by atoms with Gasteiger partial charge in [-0.05, 0) is 60.3 Å². The van der Waals surface area contributed by atoms with Crippen molar-refractivity contribution in [3.05, 3.63) is 0 Å². The molecule has 22 heavy (non-hydrogen) atoms. The van der Waals surface area contributed by atoms with Crippen molar-refractivity contribution in [1.29, 1.82) is 0 Å². The molecule has 1 aliphatic heterocycles. The normalized spacial score (nSPS) is 25.7. The standard InChI is InChI=1S/C18H35N3O/c1-6-21(15-10-8-7-9-11-15)16(22)19-14-12-17(2,3)20-18(4,5)13-14/h14-15,20H,6-13H2,1-5H3,(H,19,22). The minimum absolute atomic E-state index is 0.0710. The van der Waals surface area contributed by atoms with E-state index in [1.807, 2.05) is 0 Å². The van der Waals surface area contributed by atoms with Crippen molar-refractivity contribution >= 4 is 6.03 Å². The maximum absolute atomic E-state index is 12.8. The predicted molar refractivity (Wildman–Crippen MR) is 92.1 cm³/mol. The van der Waals surface area contributed by atoms with Gasteiger partial charge in [0.05, 0.1) is 0 Å². The van der Waals surface area contributed by atoms with Crippen LogP contribution >= 0.6 is 0 Å². The Morgan fingerprint density at radius 3 is 2.14 bits per heavy atom. The molecule has 4 nitrogen and oxygen atoms in total. The number of urea groups is 1. The summed E-state index contributed by atoms with van der Waals surface area (Å²) in [6, 6.07) is 0.853. The van der Waals surface area contributed by atoms with Gasteiger partial charge in [0, 0.05) is 29.7 Å². The summed E-state index contributed by atoms with van der Waals surface area (Å²) < 4.78 is 0. The Morgan fingerprint density at radius 2 is 1.64 bits per heavy atom. The van der Waals surface area contributed by atoms with E-state index in [4.69, 9.17) is 0 Å². The van der Waals surface area contributed by atoms with Crippen LogP contribution in [0.15, 0.2) is 0 Å². The van der Waals surface area contributed by atoms with Crippen molar-refractivity contribution in [2.45, 2.75) is 103 Å². The molecule has 1 saturated carbocycles. The zero-order chi connectivity index (χ0) is 16.4. The van der Waals surface area contributed by atoms with Crippen LogP contribution in [0.2, 0.25) is 0 Å². The summed E-state index contributed by atoms with van der Waals surface area (Å²) in [7, 11) is 0. The summed E-state index contributed by atoms with van der Waals surface area (Å²) >= 11 is 0. The van der Waals surface area contributed by atoms with Crippen LogP contribution < -0.4 is 10.6 Å². The molecule has 0 unspecified atom stereocenters. The molecule has 0 radical (unpaired) electrons. The van der Waals surface area contributed by atoms with E-state index in [0.29, 0.717) is 6.04 Å². The second-order valence-electron chi connectivity index (χ2n) is 8.53. The number of nitrogens with one attached hydrogen (secondary N) is 2. The third kappa shape index (κ3) is 4.61. The number of piperidine rings is 1. The molecule has 128 valence electrons. The highest BCUT2D eigenvalue weighted by Crippen LogP contribution is 2.29. The van der Waals surface area contributed by atoms with E-state index < -0.39 is 0 Å². The van der Waals surface area contributed by atoms with Gasteiger partial charge < -0.3 is 15.5 Å². The Kier molecular flexibility index (Phi) is 5.41. The van der Waals surface area contributed by atoms with E-state index in [1.165, 1.54) is 32.1 Å². The topological polar surface area (TPSA) is 44.4 Å². The Hall–Kier alpha value is -0.770. The van der Waals surface area contributed by atoms with Crippen LogP contribution in [0.25, 0.3) is 0 Å². The molecule has 2 rings (SSSR count). The molecule has 0 aromatic heterocycles. The van der Waals surface area contributed by atoms with Crippen molar-refractivity contribution in [3.8, 4) is 0 Å². The maximum Gasteiger partial charge on any atom is 0.317 e. The highest BCUT2D eigenvalue weighted by atomic mass is 16.2. The predicted octanol–water partition coefficient (Wildman–Crippen LogP) is 3.66. The van der Waals surface area contributed by atoms with E-state index in [-0.39, 0.29) is 23.2 Å². The molecule has 0 bridgehead atoms. The van der Waals surface area contributed by atoms with Gasteiger partial charge in [-0.25, -0.2) is 4.79 Å². The second kappa shape index (κ2) is 6.77. The summed E-state index contributed by atoms with van der Waals surface area (Å²) in [6.07, 6.45) is 8.18. The van der Waals surface area contributed by atoms with Crippen molar-refractivity contribution in [2.75, 3.05) is 6.54 Å². The highest BCUT2D eigenvalue weighted by Gasteiger charge is 2.38. The van der Waals surface area contributed by atoms with E-state index in [2.05, 4.69) is 50.2 Å². The summed E-state index contributed by atoms with van der Waals surface area (Å²) in [5, 5.41) is 7.00. The Balaban J connectivity index is 1.97. The van der Waals surface area contributed by atoms with Crippen molar-refractivity contribution in [3.63, 3.8) is 0 Å². The van der Waals surface area contributed by atoms with Crippen LogP contribution in [0, 0.1) is 0 Å². The van der Waals surface area contributed by atoms with Crippen LogP contribution in [-0.2, 0) is 0 Å². The van der Waals surface area contributed by atoms with Gasteiger partial charge in [0.1, 0.15) is 0 Å². The lowest BCUT2D eigenvalue weighted by atomic mass is 9.79. The fraction of sp³-hybridized carbons (Fsp3) is 0.944. The molecule has 1 saturated heterocycles. The lowest BCUT2D eigenvalue weighted by Crippen LogP contribution is -2.63. The summed E-state index contributed by atoms with van der Waals surface area (Å²) in [5.41, 5.74) is 0.142. The maximum atomic E-state index is 12.8. The third-order valence-corrected chi connectivity index (χ3v) is 5.13. The molecule has 0 atom stereocenters. The number of hydrogen-bond donors (Lipinski definition) is 2.